The Morgan fingerprint density at radius 3 is 2.56 bits per heavy atom. The fourth-order valence-corrected chi connectivity index (χ4v) is 2.67. The molecule has 96 valence electrons. The molecule has 1 amide bonds. The van der Waals surface area contributed by atoms with Crippen LogP contribution in [0.15, 0.2) is 18.2 Å². The Morgan fingerprint density at radius 1 is 1.22 bits per heavy atom. The van der Waals surface area contributed by atoms with Crippen LogP contribution in [0.4, 0.5) is 8.78 Å². The van der Waals surface area contributed by atoms with Gasteiger partial charge in [0.15, 0.2) is 11.6 Å². The maximum absolute atomic E-state index is 13.3. The van der Waals surface area contributed by atoms with Gasteiger partial charge in [-0.3, -0.25) is 4.79 Å². The topological polar surface area (TPSA) is 46.3 Å². The maximum atomic E-state index is 13.3. The number of hydrogen-bond donors (Lipinski definition) is 1. The second-order valence-electron chi connectivity index (χ2n) is 5.02. The van der Waals surface area contributed by atoms with E-state index in [-0.39, 0.29) is 30.5 Å². The van der Waals surface area contributed by atoms with Crippen LogP contribution in [0.3, 0.4) is 0 Å². The van der Waals surface area contributed by atoms with Crippen molar-refractivity contribution in [2.24, 2.45) is 5.73 Å². The number of amides is 1. The standard InChI is InChI=1S/C13H14F2N2O/c14-9-4-1-7(5-10(9)15)13-11(16)6-12(18)17(13)8-2-3-8/h1,4-5,8,11,13H,2-3,6,16H2. The molecule has 2 fully saturated rings. The first-order chi connectivity index (χ1) is 8.58. The van der Waals surface area contributed by atoms with Crippen molar-refractivity contribution in [3.05, 3.63) is 35.4 Å². The van der Waals surface area contributed by atoms with Crippen molar-refractivity contribution < 1.29 is 13.6 Å². The third kappa shape index (κ3) is 1.79. The quantitative estimate of drug-likeness (QED) is 0.871. The van der Waals surface area contributed by atoms with E-state index < -0.39 is 11.6 Å². The third-order valence-electron chi connectivity index (χ3n) is 3.63. The Balaban J connectivity index is 1.97. The molecule has 1 saturated heterocycles. The van der Waals surface area contributed by atoms with Gasteiger partial charge >= 0.3 is 0 Å². The number of nitrogens with two attached hydrogens (primary N) is 1. The molecule has 18 heavy (non-hydrogen) atoms. The van der Waals surface area contributed by atoms with Crippen molar-refractivity contribution in [3.8, 4) is 0 Å². The van der Waals surface area contributed by atoms with Gasteiger partial charge in [-0.25, -0.2) is 8.78 Å². The highest BCUT2D eigenvalue weighted by Crippen LogP contribution is 2.41. The Hall–Kier alpha value is -1.49. The molecule has 2 N–H and O–H groups in total. The summed E-state index contributed by atoms with van der Waals surface area (Å²) >= 11 is 0. The van der Waals surface area contributed by atoms with Gasteiger partial charge in [-0.05, 0) is 30.5 Å². The number of carbonyl (C=O) groups is 1. The van der Waals surface area contributed by atoms with Gasteiger partial charge in [0.25, 0.3) is 0 Å². The lowest BCUT2D eigenvalue weighted by atomic mass is 10.0. The van der Waals surface area contributed by atoms with Gasteiger partial charge < -0.3 is 10.6 Å². The normalized spacial score (nSPS) is 27.9. The summed E-state index contributed by atoms with van der Waals surface area (Å²) in [5.41, 5.74) is 6.55. The number of nitrogens with zero attached hydrogens (tertiary/aromatic N) is 1. The zero-order chi connectivity index (χ0) is 12.9. The largest absolute Gasteiger partial charge is 0.331 e. The highest BCUT2D eigenvalue weighted by molar-refractivity contribution is 5.81. The number of likely N-dealkylation sites (tertiary alicyclic amines) is 1. The monoisotopic (exact) mass is 252 g/mol. The van der Waals surface area contributed by atoms with E-state index in [1.54, 1.807) is 4.90 Å². The van der Waals surface area contributed by atoms with Gasteiger partial charge in [0.1, 0.15) is 0 Å². The fraction of sp³-hybridized carbons (Fsp3) is 0.462. The number of benzene rings is 1. The minimum atomic E-state index is -0.894. The molecule has 3 nitrogen and oxygen atoms in total. The summed E-state index contributed by atoms with van der Waals surface area (Å²) < 4.78 is 26.2. The Labute approximate surface area is 104 Å². The molecule has 1 aromatic carbocycles. The van der Waals surface area contributed by atoms with Crippen LogP contribution in [0, 0.1) is 11.6 Å². The van der Waals surface area contributed by atoms with Crippen LogP contribution in [-0.4, -0.2) is 22.9 Å². The Morgan fingerprint density at radius 2 is 1.94 bits per heavy atom. The predicted octanol–water partition coefficient (Wildman–Crippen LogP) is 1.73. The van der Waals surface area contributed by atoms with E-state index in [9.17, 15) is 13.6 Å². The van der Waals surface area contributed by atoms with Crippen molar-refractivity contribution in [2.45, 2.75) is 37.4 Å². The van der Waals surface area contributed by atoms with Crippen molar-refractivity contribution in [1.82, 2.24) is 4.90 Å². The number of hydrogen-bond acceptors (Lipinski definition) is 2. The summed E-state index contributed by atoms with van der Waals surface area (Å²) in [6, 6.07) is 3.31. The molecular weight excluding hydrogens is 238 g/mol. The first-order valence-electron chi connectivity index (χ1n) is 6.09. The molecular formula is C13H14F2N2O. The molecule has 2 atom stereocenters. The SMILES string of the molecule is NC1CC(=O)N(C2CC2)C1c1ccc(F)c(F)c1. The molecule has 1 heterocycles. The zero-order valence-corrected chi connectivity index (χ0v) is 9.77. The lowest BCUT2D eigenvalue weighted by Crippen LogP contribution is -2.34. The second-order valence-corrected chi connectivity index (χ2v) is 5.02. The average molecular weight is 252 g/mol. The van der Waals surface area contributed by atoms with Crippen LogP contribution in [0.1, 0.15) is 30.9 Å². The first kappa shape index (κ1) is 11.6. The molecule has 0 aromatic heterocycles. The van der Waals surface area contributed by atoms with Gasteiger partial charge in [-0.1, -0.05) is 6.07 Å². The highest BCUT2D eigenvalue weighted by Gasteiger charge is 2.45. The number of rotatable bonds is 2. The molecule has 2 unspecified atom stereocenters. The first-order valence-corrected chi connectivity index (χ1v) is 6.09. The van der Waals surface area contributed by atoms with Gasteiger partial charge in [0.05, 0.1) is 6.04 Å². The van der Waals surface area contributed by atoms with E-state index >= 15 is 0 Å². The summed E-state index contributed by atoms with van der Waals surface area (Å²) in [4.78, 5) is 13.6. The summed E-state index contributed by atoms with van der Waals surface area (Å²) in [5.74, 6) is -1.76. The highest BCUT2D eigenvalue weighted by atomic mass is 19.2. The lowest BCUT2D eigenvalue weighted by Gasteiger charge is -2.27. The molecule has 1 saturated carbocycles. The molecule has 3 rings (SSSR count). The molecule has 1 aliphatic carbocycles. The number of carbonyl (C=O) groups excluding carboxylic acids is 1. The van der Waals surface area contributed by atoms with Crippen molar-refractivity contribution in [1.29, 1.82) is 0 Å². The third-order valence-corrected chi connectivity index (χ3v) is 3.63. The van der Waals surface area contributed by atoms with Crippen LogP contribution in [0.25, 0.3) is 0 Å². The van der Waals surface area contributed by atoms with Gasteiger partial charge in [-0.15, -0.1) is 0 Å². The van der Waals surface area contributed by atoms with Crippen LogP contribution in [-0.2, 0) is 4.79 Å². The Bertz CT molecular complexity index is 502. The molecule has 2 aliphatic rings. The van der Waals surface area contributed by atoms with Crippen molar-refractivity contribution >= 4 is 5.91 Å². The van der Waals surface area contributed by atoms with Crippen molar-refractivity contribution in [3.63, 3.8) is 0 Å². The summed E-state index contributed by atoms with van der Waals surface area (Å²) in [6.45, 7) is 0. The van der Waals surface area contributed by atoms with Crippen LogP contribution in [0.5, 0.6) is 0 Å². The average Bonchev–Trinajstić information content (AvgIpc) is 3.09. The molecule has 5 heteroatoms. The van der Waals surface area contributed by atoms with Crippen LogP contribution >= 0.6 is 0 Å². The van der Waals surface area contributed by atoms with E-state index in [1.165, 1.54) is 6.07 Å². The predicted molar refractivity (Wildman–Crippen MR) is 61.6 cm³/mol. The van der Waals surface area contributed by atoms with E-state index in [2.05, 4.69) is 0 Å². The maximum Gasteiger partial charge on any atom is 0.225 e. The van der Waals surface area contributed by atoms with Gasteiger partial charge in [-0.2, -0.15) is 0 Å². The van der Waals surface area contributed by atoms with Gasteiger partial charge in [0.2, 0.25) is 5.91 Å². The molecule has 1 aromatic rings. The van der Waals surface area contributed by atoms with Crippen molar-refractivity contribution in [2.75, 3.05) is 0 Å². The zero-order valence-electron chi connectivity index (χ0n) is 9.77. The van der Waals surface area contributed by atoms with Crippen LogP contribution in [0.2, 0.25) is 0 Å². The summed E-state index contributed by atoms with van der Waals surface area (Å²) in [6.07, 6.45) is 2.22. The summed E-state index contributed by atoms with van der Waals surface area (Å²) in [7, 11) is 0. The lowest BCUT2D eigenvalue weighted by molar-refractivity contribution is -0.129. The van der Waals surface area contributed by atoms with E-state index in [4.69, 9.17) is 5.73 Å². The van der Waals surface area contributed by atoms with Gasteiger partial charge in [0, 0.05) is 18.5 Å². The summed E-state index contributed by atoms with van der Waals surface area (Å²) in [5, 5.41) is 0. The fourth-order valence-electron chi connectivity index (χ4n) is 2.67. The minimum absolute atomic E-state index is 0.0136. The van der Waals surface area contributed by atoms with E-state index in [0.29, 0.717) is 5.56 Å². The smallest absolute Gasteiger partial charge is 0.225 e. The van der Waals surface area contributed by atoms with E-state index in [0.717, 1.165) is 25.0 Å². The minimum Gasteiger partial charge on any atom is -0.331 e. The molecule has 0 spiro atoms. The molecule has 0 radical (unpaired) electrons. The van der Waals surface area contributed by atoms with Crippen LogP contribution < -0.4 is 5.73 Å². The molecule has 0 bridgehead atoms. The molecule has 1 aliphatic heterocycles. The second kappa shape index (κ2) is 4.02. The Kier molecular flexibility index (Phi) is 2.59. The van der Waals surface area contributed by atoms with E-state index in [1.807, 2.05) is 0 Å². The number of halogens is 2.